The average molecular weight is 318 g/mol. The summed E-state index contributed by atoms with van der Waals surface area (Å²) in [7, 11) is -3.67. The molecule has 1 heterocycles. The molecule has 0 saturated heterocycles. The van der Waals surface area contributed by atoms with Crippen molar-refractivity contribution in [1.82, 2.24) is 0 Å². The number of rotatable bonds is 4. The van der Waals surface area contributed by atoms with E-state index in [1.54, 1.807) is 31.2 Å². The van der Waals surface area contributed by atoms with Crippen LogP contribution in [0.25, 0.3) is 0 Å². The van der Waals surface area contributed by atoms with E-state index in [0.29, 0.717) is 15.6 Å². The normalized spacial score (nSPS) is 11.5. The Balaban J connectivity index is 2.36. The van der Waals surface area contributed by atoms with Gasteiger partial charge in [-0.2, -0.15) is 0 Å². The van der Waals surface area contributed by atoms with E-state index in [-0.39, 0.29) is 10.8 Å². The maximum absolute atomic E-state index is 12.2. The molecule has 0 amide bonds. The van der Waals surface area contributed by atoms with Crippen LogP contribution in [0.15, 0.2) is 34.5 Å². The molecule has 2 aromatic rings. The minimum Gasteiger partial charge on any atom is -0.392 e. The molecule has 0 aliphatic heterocycles. The highest BCUT2D eigenvalue weighted by Gasteiger charge is 2.19. The van der Waals surface area contributed by atoms with Crippen molar-refractivity contribution in [3.63, 3.8) is 0 Å². The molecular weight excluding hydrogens is 306 g/mol. The van der Waals surface area contributed by atoms with E-state index < -0.39 is 10.0 Å². The standard InChI is InChI=1S/C12H12ClNO3S2/c1-8-6-11(18-12(8)13)19(16,17)14-10-5-3-2-4-9(10)7-15/h2-6,14-15H,7H2,1H3. The number of para-hydroxylation sites is 1. The van der Waals surface area contributed by atoms with Crippen molar-refractivity contribution >= 4 is 38.6 Å². The Bertz CT molecular complexity index is 675. The van der Waals surface area contributed by atoms with Crippen LogP contribution in [0.2, 0.25) is 4.34 Å². The molecule has 7 heteroatoms. The maximum Gasteiger partial charge on any atom is 0.271 e. The van der Waals surface area contributed by atoms with Gasteiger partial charge in [0.05, 0.1) is 16.6 Å². The van der Waals surface area contributed by atoms with Crippen LogP contribution in [0, 0.1) is 6.92 Å². The lowest BCUT2D eigenvalue weighted by Crippen LogP contribution is -2.12. The third kappa shape index (κ3) is 3.09. The number of aryl methyl sites for hydroxylation is 1. The Hall–Kier alpha value is -1.08. The van der Waals surface area contributed by atoms with Gasteiger partial charge in [0.1, 0.15) is 4.21 Å². The van der Waals surface area contributed by atoms with Gasteiger partial charge in [0.25, 0.3) is 10.0 Å². The Kier molecular flexibility index (Phi) is 4.15. The Morgan fingerprint density at radius 1 is 1.37 bits per heavy atom. The first-order valence-electron chi connectivity index (χ1n) is 5.41. The molecule has 0 fully saturated rings. The third-order valence-corrected chi connectivity index (χ3v) is 5.93. The van der Waals surface area contributed by atoms with Gasteiger partial charge in [-0.3, -0.25) is 4.72 Å². The van der Waals surface area contributed by atoms with Gasteiger partial charge in [0.15, 0.2) is 0 Å². The van der Waals surface area contributed by atoms with Crippen molar-refractivity contribution in [3.8, 4) is 0 Å². The number of hydrogen-bond acceptors (Lipinski definition) is 4. The molecule has 1 aromatic heterocycles. The van der Waals surface area contributed by atoms with Crippen molar-refractivity contribution in [2.24, 2.45) is 0 Å². The quantitative estimate of drug-likeness (QED) is 0.911. The van der Waals surface area contributed by atoms with Crippen LogP contribution in [0.3, 0.4) is 0 Å². The minimum absolute atomic E-state index is 0.155. The summed E-state index contributed by atoms with van der Waals surface area (Å²) in [6.45, 7) is 1.52. The number of halogens is 1. The molecule has 0 aliphatic carbocycles. The zero-order valence-corrected chi connectivity index (χ0v) is 12.4. The number of benzene rings is 1. The Labute approximate surface area is 120 Å². The van der Waals surface area contributed by atoms with Crippen molar-refractivity contribution < 1.29 is 13.5 Å². The van der Waals surface area contributed by atoms with Crippen LogP contribution < -0.4 is 4.72 Å². The Morgan fingerprint density at radius 2 is 2.05 bits per heavy atom. The molecule has 1 aromatic carbocycles. The van der Waals surface area contributed by atoms with Crippen LogP contribution in [-0.4, -0.2) is 13.5 Å². The van der Waals surface area contributed by atoms with Gasteiger partial charge >= 0.3 is 0 Å². The number of thiophene rings is 1. The molecule has 0 bridgehead atoms. The fraction of sp³-hybridized carbons (Fsp3) is 0.167. The summed E-state index contributed by atoms with van der Waals surface area (Å²) in [5.41, 5.74) is 1.61. The van der Waals surface area contributed by atoms with E-state index in [9.17, 15) is 13.5 Å². The second-order valence-electron chi connectivity index (χ2n) is 3.94. The average Bonchev–Trinajstić information content (AvgIpc) is 2.71. The summed E-state index contributed by atoms with van der Waals surface area (Å²) < 4.78 is 27.5. The molecule has 0 atom stereocenters. The molecule has 0 radical (unpaired) electrons. The van der Waals surface area contributed by atoms with Crippen LogP contribution in [-0.2, 0) is 16.6 Å². The van der Waals surface area contributed by atoms with Gasteiger partial charge in [-0.25, -0.2) is 8.42 Å². The summed E-state index contributed by atoms with van der Waals surface area (Å²) in [4.78, 5) is 0. The topological polar surface area (TPSA) is 66.4 Å². The first kappa shape index (κ1) is 14.3. The zero-order chi connectivity index (χ0) is 14.0. The monoisotopic (exact) mass is 317 g/mol. The van der Waals surface area contributed by atoms with Crippen LogP contribution in [0.4, 0.5) is 5.69 Å². The summed E-state index contributed by atoms with van der Waals surface area (Å²) in [5, 5.41) is 9.18. The summed E-state index contributed by atoms with van der Waals surface area (Å²) in [5.74, 6) is 0. The molecular formula is C12H12ClNO3S2. The van der Waals surface area contributed by atoms with Gasteiger partial charge in [0, 0.05) is 5.56 Å². The molecule has 102 valence electrons. The number of nitrogens with one attached hydrogen (secondary N) is 1. The molecule has 2 N–H and O–H groups in total. The molecule has 19 heavy (non-hydrogen) atoms. The lowest BCUT2D eigenvalue weighted by molar-refractivity contribution is 0.282. The fourth-order valence-electron chi connectivity index (χ4n) is 1.52. The SMILES string of the molecule is Cc1cc(S(=O)(=O)Nc2ccccc2CO)sc1Cl. The Morgan fingerprint density at radius 3 is 2.63 bits per heavy atom. The van der Waals surface area contributed by atoms with Crippen molar-refractivity contribution in [1.29, 1.82) is 0 Å². The predicted molar refractivity (Wildman–Crippen MR) is 77.2 cm³/mol. The predicted octanol–water partition coefficient (Wildman–Crippen LogP) is 3.00. The van der Waals surface area contributed by atoms with Crippen LogP contribution >= 0.6 is 22.9 Å². The summed E-state index contributed by atoms with van der Waals surface area (Å²) >= 11 is 6.89. The van der Waals surface area contributed by atoms with Crippen LogP contribution in [0.5, 0.6) is 0 Å². The van der Waals surface area contributed by atoms with E-state index in [1.807, 2.05) is 0 Å². The molecule has 0 unspecified atom stereocenters. The fourth-order valence-corrected chi connectivity index (χ4v) is 4.33. The third-order valence-electron chi connectivity index (χ3n) is 2.53. The number of hydrogen-bond donors (Lipinski definition) is 2. The number of anilines is 1. The van der Waals surface area contributed by atoms with Gasteiger partial charge in [-0.15, -0.1) is 11.3 Å². The minimum atomic E-state index is -3.67. The second kappa shape index (κ2) is 5.50. The molecule has 0 aliphatic rings. The highest BCUT2D eigenvalue weighted by molar-refractivity contribution is 7.94. The maximum atomic E-state index is 12.2. The lowest BCUT2D eigenvalue weighted by Gasteiger charge is -2.09. The van der Waals surface area contributed by atoms with Gasteiger partial charge in [-0.1, -0.05) is 29.8 Å². The molecule has 0 spiro atoms. The molecule has 2 rings (SSSR count). The van der Waals surface area contributed by atoms with E-state index in [2.05, 4.69) is 4.72 Å². The highest BCUT2D eigenvalue weighted by atomic mass is 35.5. The summed E-state index contributed by atoms with van der Waals surface area (Å²) in [6, 6.07) is 8.21. The van der Waals surface area contributed by atoms with E-state index in [4.69, 9.17) is 11.6 Å². The van der Waals surface area contributed by atoms with Gasteiger partial charge in [0.2, 0.25) is 0 Å². The summed E-state index contributed by atoms with van der Waals surface area (Å²) in [6.07, 6.45) is 0. The first-order valence-corrected chi connectivity index (χ1v) is 8.09. The smallest absolute Gasteiger partial charge is 0.271 e. The zero-order valence-electron chi connectivity index (χ0n) is 10.1. The van der Waals surface area contributed by atoms with Crippen molar-refractivity contribution in [3.05, 3.63) is 45.8 Å². The van der Waals surface area contributed by atoms with Crippen LogP contribution in [0.1, 0.15) is 11.1 Å². The van der Waals surface area contributed by atoms with E-state index >= 15 is 0 Å². The lowest BCUT2D eigenvalue weighted by atomic mass is 10.2. The first-order chi connectivity index (χ1) is 8.94. The van der Waals surface area contributed by atoms with Gasteiger partial charge < -0.3 is 5.11 Å². The number of sulfonamides is 1. The largest absolute Gasteiger partial charge is 0.392 e. The van der Waals surface area contributed by atoms with Crippen molar-refractivity contribution in [2.75, 3.05) is 4.72 Å². The number of aliphatic hydroxyl groups is 1. The van der Waals surface area contributed by atoms with Crippen molar-refractivity contribution in [2.45, 2.75) is 17.7 Å². The molecule has 4 nitrogen and oxygen atoms in total. The second-order valence-corrected chi connectivity index (χ2v) is 7.51. The van der Waals surface area contributed by atoms with E-state index in [1.165, 1.54) is 6.07 Å². The van der Waals surface area contributed by atoms with E-state index in [0.717, 1.165) is 16.9 Å². The highest BCUT2D eigenvalue weighted by Crippen LogP contribution is 2.31. The molecule has 0 saturated carbocycles. The van der Waals surface area contributed by atoms with Gasteiger partial charge in [-0.05, 0) is 24.6 Å². The number of aliphatic hydroxyl groups excluding tert-OH is 1.